The van der Waals surface area contributed by atoms with Gasteiger partial charge in [0.2, 0.25) is 0 Å². The molecule has 2 aromatic rings. The van der Waals surface area contributed by atoms with Crippen LogP contribution in [0.5, 0.6) is 0 Å². The van der Waals surface area contributed by atoms with Gasteiger partial charge in [0.05, 0.1) is 30.0 Å². The molecule has 0 bridgehead atoms. The Hall–Kier alpha value is -2.58. The number of benzene rings is 2. The number of nitrogens with one attached hydrogen (secondary N) is 2. The maximum Gasteiger partial charge on any atom is 0.256 e. The molecule has 0 aliphatic carbocycles. The van der Waals surface area contributed by atoms with Gasteiger partial charge >= 0.3 is 0 Å². The SMILES string of the molecule is CCCC(C)NCC1(O)CN(C(=O)c2ccc(F)c(F)c2Nc2ccc(CC)cc2F)C1. The average molecular weight is 450 g/mol. The van der Waals surface area contributed by atoms with Gasteiger partial charge in [-0.05, 0) is 49.6 Å². The van der Waals surface area contributed by atoms with Crippen molar-refractivity contribution in [1.29, 1.82) is 0 Å². The van der Waals surface area contributed by atoms with E-state index in [1.807, 2.05) is 13.8 Å². The molecular formula is C24H30F3N3O2. The lowest BCUT2D eigenvalue weighted by Gasteiger charge is -2.47. The molecule has 0 spiro atoms. The highest BCUT2D eigenvalue weighted by atomic mass is 19.2. The van der Waals surface area contributed by atoms with Crippen molar-refractivity contribution in [1.82, 2.24) is 10.2 Å². The van der Waals surface area contributed by atoms with Crippen LogP contribution in [0.2, 0.25) is 0 Å². The second kappa shape index (κ2) is 9.92. The maximum atomic E-state index is 14.6. The minimum absolute atomic E-state index is 0.0602. The molecule has 2 aromatic carbocycles. The number of aliphatic hydroxyl groups is 1. The van der Waals surface area contributed by atoms with Crippen LogP contribution in [-0.4, -0.2) is 47.2 Å². The number of halogens is 3. The Labute approximate surface area is 186 Å². The number of nitrogens with zero attached hydrogens (tertiary/aromatic N) is 1. The van der Waals surface area contributed by atoms with Crippen molar-refractivity contribution < 1.29 is 23.1 Å². The van der Waals surface area contributed by atoms with E-state index in [-0.39, 0.29) is 30.4 Å². The van der Waals surface area contributed by atoms with Gasteiger partial charge in [-0.2, -0.15) is 0 Å². The topological polar surface area (TPSA) is 64.6 Å². The van der Waals surface area contributed by atoms with E-state index in [4.69, 9.17) is 0 Å². The molecule has 1 aliphatic rings. The van der Waals surface area contributed by atoms with Crippen LogP contribution in [0.3, 0.4) is 0 Å². The maximum absolute atomic E-state index is 14.6. The molecule has 1 heterocycles. The van der Waals surface area contributed by atoms with Crippen LogP contribution in [0.1, 0.15) is 49.5 Å². The standard InChI is InChI=1S/C24H30F3N3O2/c1-4-6-15(3)28-12-24(32)13-30(14-24)23(31)17-8-9-18(25)21(27)22(17)29-20-10-7-16(5-2)11-19(20)26/h7-11,15,28-29,32H,4-6,12-14H2,1-3H3. The fraction of sp³-hybridized carbons (Fsp3) is 0.458. The Morgan fingerprint density at radius 1 is 1.16 bits per heavy atom. The van der Waals surface area contributed by atoms with Gasteiger partial charge in [-0.15, -0.1) is 0 Å². The van der Waals surface area contributed by atoms with Crippen molar-refractivity contribution in [3.63, 3.8) is 0 Å². The summed E-state index contributed by atoms with van der Waals surface area (Å²) in [6, 6.07) is 6.68. The third-order valence-electron chi connectivity index (χ3n) is 5.79. The highest BCUT2D eigenvalue weighted by molar-refractivity contribution is 6.01. The van der Waals surface area contributed by atoms with Crippen LogP contribution in [0.25, 0.3) is 0 Å². The fourth-order valence-corrected chi connectivity index (χ4v) is 3.85. The molecule has 1 aliphatic heterocycles. The summed E-state index contributed by atoms with van der Waals surface area (Å²) in [5.74, 6) is -3.61. The quantitative estimate of drug-likeness (QED) is 0.532. The van der Waals surface area contributed by atoms with E-state index in [0.717, 1.165) is 24.5 Å². The van der Waals surface area contributed by atoms with Crippen molar-refractivity contribution in [3.05, 3.63) is 58.9 Å². The number of anilines is 2. The number of carbonyl (C=O) groups is 1. The summed E-state index contributed by atoms with van der Waals surface area (Å²) in [5.41, 5.74) is -0.937. The molecule has 1 amide bonds. The number of hydrogen-bond acceptors (Lipinski definition) is 4. The first-order valence-electron chi connectivity index (χ1n) is 11.0. The second-order valence-corrected chi connectivity index (χ2v) is 8.53. The van der Waals surface area contributed by atoms with Gasteiger partial charge in [0.25, 0.3) is 5.91 Å². The van der Waals surface area contributed by atoms with Crippen molar-refractivity contribution in [2.75, 3.05) is 25.0 Å². The molecule has 1 saturated heterocycles. The Balaban J connectivity index is 1.76. The van der Waals surface area contributed by atoms with Crippen molar-refractivity contribution in [2.24, 2.45) is 0 Å². The number of likely N-dealkylation sites (tertiary alicyclic amines) is 1. The number of β-amino-alcohol motifs (C(OH)–C–C–N with tert-alkyl or cyclic N) is 1. The minimum atomic E-state index is -1.26. The third-order valence-corrected chi connectivity index (χ3v) is 5.79. The van der Waals surface area contributed by atoms with Gasteiger partial charge in [0.15, 0.2) is 11.6 Å². The van der Waals surface area contributed by atoms with Crippen molar-refractivity contribution in [3.8, 4) is 0 Å². The fourth-order valence-electron chi connectivity index (χ4n) is 3.85. The minimum Gasteiger partial charge on any atom is -0.385 e. The molecule has 174 valence electrons. The van der Waals surface area contributed by atoms with Gasteiger partial charge in [-0.1, -0.05) is 26.3 Å². The van der Waals surface area contributed by atoms with Crippen LogP contribution in [0, 0.1) is 17.5 Å². The predicted octanol–water partition coefficient (Wildman–Crippen LogP) is 4.38. The van der Waals surface area contributed by atoms with Gasteiger partial charge in [-0.3, -0.25) is 4.79 Å². The Kier molecular flexibility index (Phi) is 7.46. The smallest absolute Gasteiger partial charge is 0.256 e. The van der Waals surface area contributed by atoms with E-state index in [1.165, 1.54) is 23.1 Å². The summed E-state index contributed by atoms with van der Waals surface area (Å²) >= 11 is 0. The Morgan fingerprint density at radius 3 is 2.50 bits per heavy atom. The summed E-state index contributed by atoms with van der Waals surface area (Å²) in [6.45, 7) is 6.44. The van der Waals surface area contributed by atoms with Crippen LogP contribution in [0.15, 0.2) is 30.3 Å². The first-order chi connectivity index (χ1) is 15.2. The molecule has 1 fully saturated rings. The molecule has 5 nitrogen and oxygen atoms in total. The monoisotopic (exact) mass is 449 g/mol. The number of aryl methyl sites for hydroxylation is 1. The van der Waals surface area contributed by atoms with Crippen LogP contribution in [0.4, 0.5) is 24.5 Å². The lowest BCUT2D eigenvalue weighted by molar-refractivity contribution is -0.0796. The predicted molar refractivity (Wildman–Crippen MR) is 119 cm³/mol. The summed E-state index contributed by atoms with van der Waals surface area (Å²) in [7, 11) is 0. The van der Waals surface area contributed by atoms with Crippen LogP contribution >= 0.6 is 0 Å². The van der Waals surface area contributed by atoms with Gasteiger partial charge < -0.3 is 20.6 Å². The van der Waals surface area contributed by atoms with E-state index >= 15 is 0 Å². The first kappa shape index (κ1) is 24.1. The number of carbonyl (C=O) groups excluding carboxylic acids is 1. The third kappa shape index (κ3) is 5.24. The molecule has 0 saturated carbocycles. The molecule has 0 aromatic heterocycles. The number of hydrogen-bond donors (Lipinski definition) is 3. The summed E-state index contributed by atoms with van der Waals surface area (Å²) in [6.07, 6.45) is 2.61. The molecule has 8 heteroatoms. The Morgan fingerprint density at radius 2 is 1.88 bits per heavy atom. The zero-order valence-corrected chi connectivity index (χ0v) is 18.6. The molecule has 1 unspecified atom stereocenters. The highest BCUT2D eigenvalue weighted by Crippen LogP contribution is 2.31. The molecule has 32 heavy (non-hydrogen) atoms. The van der Waals surface area contributed by atoms with Gasteiger partial charge in [0.1, 0.15) is 11.4 Å². The highest BCUT2D eigenvalue weighted by Gasteiger charge is 2.44. The molecular weight excluding hydrogens is 419 g/mol. The molecule has 0 radical (unpaired) electrons. The van der Waals surface area contributed by atoms with E-state index < -0.39 is 34.6 Å². The summed E-state index contributed by atoms with van der Waals surface area (Å²) in [4.78, 5) is 14.3. The normalized spacial score (nSPS) is 15.9. The Bertz CT molecular complexity index is 977. The molecule has 1 atom stereocenters. The zero-order chi connectivity index (χ0) is 23.5. The average Bonchev–Trinajstić information content (AvgIpc) is 2.74. The van der Waals surface area contributed by atoms with E-state index in [0.29, 0.717) is 13.0 Å². The van der Waals surface area contributed by atoms with E-state index in [2.05, 4.69) is 17.6 Å². The van der Waals surface area contributed by atoms with Crippen molar-refractivity contribution in [2.45, 2.75) is 51.7 Å². The summed E-state index contributed by atoms with van der Waals surface area (Å²) in [5, 5.41) is 16.4. The van der Waals surface area contributed by atoms with E-state index in [9.17, 15) is 23.1 Å². The summed E-state index contributed by atoms with van der Waals surface area (Å²) < 4.78 is 43.0. The first-order valence-corrected chi connectivity index (χ1v) is 11.0. The number of rotatable bonds is 9. The van der Waals surface area contributed by atoms with E-state index in [1.54, 1.807) is 6.07 Å². The molecule has 3 N–H and O–H groups in total. The second-order valence-electron chi connectivity index (χ2n) is 8.53. The largest absolute Gasteiger partial charge is 0.385 e. The van der Waals surface area contributed by atoms with Crippen LogP contribution < -0.4 is 10.6 Å². The zero-order valence-electron chi connectivity index (χ0n) is 18.6. The van der Waals surface area contributed by atoms with Gasteiger partial charge in [-0.25, -0.2) is 13.2 Å². The lowest BCUT2D eigenvalue weighted by atomic mass is 9.92. The lowest BCUT2D eigenvalue weighted by Crippen LogP contribution is -2.67. The molecule has 3 rings (SSSR count). The van der Waals surface area contributed by atoms with Gasteiger partial charge in [0, 0.05) is 12.6 Å². The van der Waals surface area contributed by atoms with Crippen molar-refractivity contribution >= 4 is 17.3 Å². The number of amides is 1. The van der Waals surface area contributed by atoms with Crippen LogP contribution in [-0.2, 0) is 6.42 Å².